The molecule has 0 fully saturated rings. The van der Waals surface area contributed by atoms with Gasteiger partial charge < -0.3 is 0 Å². The zero-order valence-electron chi connectivity index (χ0n) is 7.64. The van der Waals surface area contributed by atoms with Gasteiger partial charge >= 0.3 is 0 Å². The minimum Gasteiger partial charge on any atom is -0.198 e. The highest BCUT2D eigenvalue weighted by molar-refractivity contribution is 5.27. The summed E-state index contributed by atoms with van der Waals surface area (Å²) in [5, 5.41) is 8.79. The molecule has 0 aliphatic heterocycles. The van der Waals surface area contributed by atoms with Crippen LogP contribution in [0.3, 0.4) is 0 Å². The molecule has 0 saturated heterocycles. The van der Waals surface area contributed by atoms with Gasteiger partial charge in [-0.2, -0.15) is 5.26 Å². The maximum absolute atomic E-state index is 8.79. The molecule has 0 bridgehead atoms. The van der Waals surface area contributed by atoms with Crippen molar-refractivity contribution in [3.8, 4) is 6.07 Å². The zero-order valence-corrected chi connectivity index (χ0v) is 7.64. The topological polar surface area (TPSA) is 23.8 Å². The molecule has 65 valence electrons. The number of allylic oxidation sites excluding steroid dienone is 2. The van der Waals surface area contributed by atoms with Gasteiger partial charge in [0.05, 0.1) is 12.0 Å². The Hall–Kier alpha value is -1.55. The van der Waals surface area contributed by atoms with Crippen LogP contribution in [0, 0.1) is 23.7 Å². The summed E-state index contributed by atoms with van der Waals surface area (Å²) in [5.74, 6) is -0.118. The Morgan fingerprint density at radius 3 is 2.54 bits per heavy atom. The number of hydrogen-bond donors (Lipinski definition) is 0. The summed E-state index contributed by atoms with van der Waals surface area (Å²) < 4.78 is 0. The van der Waals surface area contributed by atoms with Gasteiger partial charge in [-0.25, -0.2) is 0 Å². The Balaban J connectivity index is 2.63. The van der Waals surface area contributed by atoms with Crippen LogP contribution in [0.4, 0.5) is 0 Å². The Kier molecular flexibility index (Phi) is 3.78. The average molecular weight is 170 g/mol. The second-order valence-corrected chi connectivity index (χ2v) is 2.76. The van der Waals surface area contributed by atoms with Gasteiger partial charge in [-0.1, -0.05) is 42.5 Å². The summed E-state index contributed by atoms with van der Waals surface area (Å²) in [4.78, 5) is 0. The maximum Gasteiger partial charge on any atom is 0.0718 e. The standard InChI is InChI=1S/C12H12N/c1-2-6-12(10-13)9-11-7-4-3-5-8-11/h2-9,12H,1H3. The van der Waals surface area contributed by atoms with Crippen molar-refractivity contribution in [2.24, 2.45) is 5.92 Å². The molecule has 0 N–H and O–H groups in total. The number of nitrogens with zero attached hydrogens (tertiary/aromatic N) is 1. The molecule has 0 amide bonds. The lowest BCUT2D eigenvalue weighted by Gasteiger charge is -2.02. The van der Waals surface area contributed by atoms with Crippen LogP contribution in [0.2, 0.25) is 0 Å². The second-order valence-electron chi connectivity index (χ2n) is 2.76. The first kappa shape index (κ1) is 9.54. The van der Waals surface area contributed by atoms with E-state index in [0.717, 1.165) is 5.56 Å². The Morgan fingerprint density at radius 2 is 2.00 bits per heavy atom. The second kappa shape index (κ2) is 5.16. The monoisotopic (exact) mass is 170 g/mol. The lowest BCUT2D eigenvalue weighted by atomic mass is 10.0. The third kappa shape index (κ3) is 3.13. The fourth-order valence-electron chi connectivity index (χ4n) is 1.11. The number of benzene rings is 1. The van der Waals surface area contributed by atoms with Crippen molar-refractivity contribution in [1.82, 2.24) is 0 Å². The van der Waals surface area contributed by atoms with Gasteiger partial charge in [0.1, 0.15) is 0 Å². The fraction of sp³-hybridized carbons (Fsp3) is 0.167. The Labute approximate surface area is 79.3 Å². The van der Waals surface area contributed by atoms with E-state index in [4.69, 9.17) is 5.26 Å². The molecule has 1 aromatic rings. The SMILES string of the molecule is CC=CC(C#N)[CH]c1ccccc1. The highest BCUT2D eigenvalue weighted by atomic mass is 14.3. The van der Waals surface area contributed by atoms with E-state index in [1.165, 1.54) is 0 Å². The first-order valence-corrected chi connectivity index (χ1v) is 4.29. The van der Waals surface area contributed by atoms with Gasteiger partial charge in [0.2, 0.25) is 0 Å². The van der Waals surface area contributed by atoms with E-state index in [9.17, 15) is 0 Å². The molecule has 0 aromatic heterocycles. The lowest BCUT2D eigenvalue weighted by Crippen LogP contribution is -1.94. The normalized spacial score (nSPS) is 12.6. The van der Waals surface area contributed by atoms with Gasteiger partial charge in [-0.3, -0.25) is 0 Å². The van der Waals surface area contributed by atoms with Crippen LogP contribution in [0.15, 0.2) is 42.5 Å². The van der Waals surface area contributed by atoms with Crippen LogP contribution in [0.1, 0.15) is 12.5 Å². The van der Waals surface area contributed by atoms with Gasteiger partial charge in [0.25, 0.3) is 0 Å². The van der Waals surface area contributed by atoms with Gasteiger partial charge in [-0.05, 0) is 12.5 Å². The molecule has 0 spiro atoms. The smallest absolute Gasteiger partial charge is 0.0718 e. The molecule has 0 aliphatic carbocycles. The average Bonchev–Trinajstić information content (AvgIpc) is 2.19. The van der Waals surface area contributed by atoms with Crippen LogP contribution in [0.25, 0.3) is 0 Å². The van der Waals surface area contributed by atoms with Crippen LogP contribution in [0.5, 0.6) is 0 Å². The van der Waals surface area contributed by atoms with Crippen LogP contribution in [-0.2, 0) is 0 Å². The highest BCUT2D eigenvalue weighted by Crippen LogP contribution is 2.11. The van der Waals surface area contributed by atoms with Crippen molar-refractivity contribution >= 4 is 0 Å². The lowest BCUT2D eigenvalue weighted by molar-refractivity contribution is 0.994. The maximum atomic E-state index is 8.79. The van der Waals surface area contributed by atoms with E-state index in [1.54, 1.807) is 0 Å². The largest absolute Gasteiger partial charge is 0.198 e. The number of hydrogen-bond acceptors (Lipinski definition) is 1. The summed E-state index contributed by atoms with van der Waals surface area (Å²) in [5.41, 5.74) is 1.09. The van der Waals surface area contributed by atoms with E-state index in [2.05, 4.69) is 6.07 Å². The molecule has 0 saturated carbocycles. The zero-order chi connectivity index (χ0) is 9.52. The van der Waals surface area contributed by atoms with Crippen molar-refractivity contribution in [1.29, 1.82) is 5.26 Å². The molecule has 1 heteroatoms. The fourth-order valence-corrected chi connectivity index (χ4v) is 1.11. The van der Waals surface area contributed by atoms with Crippen molar-refractivity contribution in [2.45, 2.75) is 6.92 Å². The Bertz CT molecular complexity index is 306. The van der Waals surface area contributed by atoms with E-state index < -0.39 is 0 Å². The third-order valence-corrected chi connectivity index (χ3v) is 1.72. The quantitative estimate of drug-likeness (QED) is 0.640. The molecular formula is C12H12N. The molecular weight excluding hydrogens is 158 g/mol. The first-order chi connectivity index (χ1) is 6.36. The van der Waals surface area contributed by atoms with E-state index in [-0.39, 0.29) is 5.92 Å². The van der Waals surface area contributed by atoms with Gasteiger partial charge in [0, 0.05) is 6.42 Å². The Morgan fingerprint density at radius 1 is 1.31 bits per heavy atom. The molecule has 1 nitrogen and oxygen atoms in total. The highest BCUT2D eigenvalue weighted by Gasteiger charge is 2.03. The van der Waals surface area contributed by atoms with Crippen molar-refractivity contribution < 1.29 is 0 Å². The minimum absolute atomic E-state index is 0.118. The molecule has 13 heavy (non-hydrogen) atoms. The summed E-state index contributed by atoms with van der Waals surface area (Å²) in [6.07, 6.45) is 5.72. The van der Waals surface area contributed by atoms with Gasteiger partial charge in [0.15, 0.2) is 0 Å². The summed E-state index contributed by atoms with van der Waals surface area (Å²) in [6, 6.07) is 12.1. The molecule has 0 heterocycles. The summed E-state index contributed by atoms with van der Waals surface area (Å²) in [7, 11) is 0. The third-order valence-electron chi connectivity index (χ3n) is 1.72. The summed E-state index contributed by atoms with van der Waals surface area (Å²) in [6.45, 7) is 1.92. The van der Waals surface area contributed by atoms with Crippen molar-refractivity contribution in [3.63, 3.8) is 0 Å². The minimum atomic E-state index is -0.118. The number of rotatable bonds is 3. The molecule has 1 aromatic carbocycles. The van der Waals surface area contributed by atoms with E-state index in [1.807, 2.05) is 55.8 Å². The molecule has 0 aliphatic rings. The predicted octanol–water partition coefficient (Wildman–Crippen LogP) is 2.95. The van der Waals surface area contributed by atoms with Crippen LogP contribution in [-0.4, -0.2) is 0 Å². The summed E-state index contributed by atoms with van der Waals surface area (Å²) >= 11 is 0. The van der Waals surface area contributed by atoms with Gasteiger partial charge in [-0.15, -0.1) is 0 Å². The molecule has 1 unspecified atom stereocenters. The van der Waals surface area contributed by atoms with Crippen molar-refractivity contribution in [3.05, 3.63) is 54.5 Å². The first-order valence-electron chi connectivity index (χ1n) is 4.29. The molecule has 1 rings (SSSR count). The van der Waals surface area contributed by atoms with Crippen molar-refractivity contribution in [2.75, 3.05) is 0 Å². The van der Waals surface area contributed by atoms with Crippen LogP contribution < -0.4 is 0 Å². The van der Waals surface area contributed by atoms with E-state index >= 15 is 0 Å². The van der Waals surface area contributed by atoms with Crippen LogP contribution >= 0.6 is 0 Å². The van der Waals surface area contributed by atoms with E-state index in [0.29, 0.717) is 0 Å². The number of nitriles is 1. The molecule has 1 radical (unpaired) electrons. The molecule has 1 atom stereocenters. The predicted molar refractivity (Wildman–Crippen MR) is 53.8 cm³/mol.